The van der Waals surface area contributed by atoms with Crippen molar-refractivity contribution in [3.63, 3.8) is 0 Å². The number of aldehydes is 1. The van der Waals surface area contributed by atoms with Crippen LogP contribution in [0.15, 0.2) is 18.5 Å². The summed E-state index contributed by atoms with van der Waals surface area (Å²) >= 11 is 0. The zero-order valence-electron chi connectivity index (χ0n) is 16.5. The molecule has 0 aliphatic carbocycles. The minimum atomic E-state index is -0.538. The number of methoxy groups -OCH3 is 1. The van der Waals surface area contributed by atoms with E-state index in [9.17, 15) is 9.59 Å². The standard InChI is InChI=1S/C13H16N4O3.C5H12O/c1-13(2,3)20-12(19)14-6-10-7-17-11(16-10)4-9(8-18)5-15-17;1-5(2,3)6-4/h4-5,7-8H,6H2,1-3H3,(H,14,19);1-4H3. The molecule has 2 aromatic heterocycles. The first kappa shape index (κ1) is 21.6. The van der Waals surface area contributed by atoms with Crippen LogP contribution < -0.4 is 5.32 Å². The molecule has 0 aromatic carbocycles. The molecule has 0 radical (unpaired) electrons. The molecule has 0 aliphatic rings. The van der Waals surface area contributed by atoms with E-state index in [0.29, 0.717) is 23.2 Å². The van der Waals surface area contributed by atoms with Gasteiger partial charge in [-0.1, -0.05) is 0 Å². The van der Waals surface area contributed by atoms with Crippen LogP contribution in [-0.2, 0) is 16.0 Å². The number of alkyl carbamates (subject to hydrolysis) is 1. The second kappa shape index (κ2) is 8.75. The molecule has 144 valence electrons. The molecular weight excluding hydrogens is 336 g/mol. The number of rotatable bonds is 3. The van der Waals surface area contributed by atoms with Gasteiger partial charge < -0.3 is 14.8 Å². The third-order valence-electron chi connectivity index (χ3n) is 2.95. The third kappa shape index (κ3) is 8.06. The Bertz CT molecular complexity index is 742. The zero-order chi connectivity index (χ0) is 20.0. The lowest BCUT2D eigenvalue weighted by Gasteiger charge is -2.19. The van der Waals surface area contributed by atoms with E-state index in [0.717, 1.165) is 0 Å². The molecule has 0 unspecified atom stereocenters. The molecule has 0 bridgehead atoms. The smallest absolute Gasteiger partial charge is 0.407 e. The maximum absolute atomic E-state index is 11.5. The maximum atomic E-state index is 11.5. The van der Waals surface area contributed by atoms with E-state index in [1.54, 1.807) is 44.7 Å². The Balaban J connectivity index is 0.000000487. The Kier molecular flexibility index (Phi) is 7.26. The van der Waals surface area contributed by atoms with Crippen molar-refractivity contribution in [2.75, 3.05) is 7.11 Å². The fourth-order valence-electron chi connectivity index (χ4n) is 1.57. The fraction of sp³-hybridized carbons (Fsp3) is 0.556. The Labute approximate surface area is 153 Å². The number of hydrogen-bond donors (Lipinski definition) is 1. The van der Waals surface area contributed by atoms with Crippen molar-refractivity contribution in [1.82, 2.24) is 19.9 Å². The lowest BCUT2D eigenvalue weighted by atomic mass is 10.2. The number of amides is 1. The van der Waals surface area contributed by atoms with Gasteiger partial charge >= 0.3 is 6.09 Å². The second-order valence-electron chi connectivity index (χ2n) is 7.61. The van der Waals surface area contributed by atoms with Crippen molar-refractivity contribution >= 4 is 18.0 Å². The van der Waals surface area contributed by atoms with E-state index in [1.807, 2.05) is 20.8 Å². The summed E-state index contributed by atoms with van der Waals surface area (Å²) in [5, 5.41) is 6.65. The van der Waals surface area contributed by atoms with Crippen LogP contribution in [0, 0.1) is 0 Å². The van der Waals surface area contributed by atoms with Crippen molar-refractivity contribution in [3.8, 4) is 0 Å². The first-order chi connectivity index (χ1) is 11.9. The number of nitrogens with zero attached hydrogens (tertiary/aromatic N) is 3. The summed E-state index contributed by atoms with van der Waals surface area (Å²) in [6, 6.07) is 1.62. The first-order valence-corrected chi connectivity index (χ1v) is 8.25. The minimum Gasteiger partial charge on any atom is -0.444 e. The quantitative estimate of drug-likeness (QED) is 0.841. The highest BCUT2D eigenvalue weighted by molar-refractivity contribution is 5.75. The second-order valence-corrected chi connectivity index (χ2v) is 7.61. The highest BCUT2D eigenvalue weighted by atomic mass is 16.6. The van der Waals surface area contributed by atoms with Gasteiger partial charge in [0.25, 0.3) is 0 Å². The predicted molar refractivity (Wildman–Crippen MR) is 98.2 cm³/mol. The normalized spacial score (nSPS) is 11.5. The Hall–Kier alpha value is -2.48. The number of carbonyl (C=O) groups is 2. The molecule has 2 aromatic rings. The highest BCUT2D eigenvalue weighted by Crippen LogP contribution is 2.08. The van der Waals surface area contributed by atoms with Crippen LogP contribution in [0.3, 0.4) is 0 Å². The Morgan fingerprint density at radius 2 is 1.85 bits per heavy atom. The average molecular weight is 364 g/mol. The fourth-order valence-corrected chi connectivity index (χ4v) is 1.57. The van der Waals surface area contributed by atoms with E-state index in [-0.39, 0.29) is 12.1 Å². The molecule has 1 N–H and O–H groups in total. The zero-order valence-corrected chi connectivity index (χ0v) is 16.5. The van der Waals surface area contributed by atoms with Crippen LogP contribution >= 0.6 is 0 Å². The summed E-state index contributed by atoms with van der Waals surface area (Å²) in [5.41, 5.74) is 1.14. The maximum Gasteiger partial charge on any atom is 0.407 e. The Morgan fingerprint density at radius 1 is 1.23 bits per heavy atom. The number of imidazole rings is 1. The van der Waals surface area contributed by atoms with E-state index in [1.165, 1.54) is 6.20 Å². The van der Waals surface area contributed by atoms with Crippen LogP contribution in [0.25, 0.3) is 5.65 Å². The molecule has 0 spiro atoms. The van der Waals surface area contributed by atoms with Gasteiger partial charge in [0, 0.05) is 12.7 Å². The number of hydrogen-bond acceptors (Lipinski definition) is 6. The monoisotopic (exact) mass is 364 g/mol. The number of fused-ring (bicyclic) bond motifs is 1. The van der Waals surface area contributed by atoms with Gasteiger partial charge in [-0.15, -0.1) is 0 Å². The van der Waals surface area contributed by atoms with Crippen LogP contribution in [0.4, 0.5) is 4.79 Å². The molecular formula is C18H28N4O4. The Morgan fingerprint density at radius 3 is 2.35 bits per heavy atom. The van der Waals surface area contributed by atoms with Gasteiger partial charge in [-0.2, -0.15) is 5.10 Å². The summed E-state index contributed by atoms with van der Waals surface area (Å²) in [6.07, 6.45) is 3.34. The van der Waals surface area contributed by atoms with Crippen molar-refractivity contribution in [2.24, 2.45) is 0 Å². The van der Waals surface area contributed by atoms with E-state index in [4.69, 9.17) is 9.47 Å². The van der Waals surface area contributed by atoms with E-state index < -0.39 is 11.7 Å². The van der Waals surface area contributed by atoms with Gasteiger partial charge in [0.1, 0.15) is 5.60 Å². The lowest BCUT2D eigenvalue weighted by molar-refractivity contribution is 0.0397. The van der Waals surface area contributed by atoms with Gasteiger partial charge in [0.2, 0.25) is 0 Å². The molecule has 0 fully saturated rings. The van der Waals surface area contributed by atoms with Gasteiger partial charge in [0.15, 0.2) is 11.9 Å². The average Bonchev–Trinajstić information content (AvgIpc) is 2.93. The van der Waals surface area contributed by atoms with Gasteiger partial charge in [-0.05, 0) is 47.6 Å². The van der Waals surface area contributed by atoms with Gasteiger partial charge in [-0.25, -0.2) is 14.3 Å². The highest BCUT2D eigenvalue weighted by Gasteiger charge is 2.16. The molecule has 8 nitrogen and oxygen atoms in total. The van der Waals surface area contributed by atoms with E-state index >= 15 is 0 Å². The molecule has 0 saturated heterocycles. The van der Waals surface area contributed by atoms with Gasteiger partial charge in [-0.3, -0.25) is 4.79 Å². The summed E-state index contributed by atoms with van der Waals surface area (Å²) in [4.78, 5) is 26.4. The molecule has 0 atom stereocenters. The van der Waals surface area contributed by atoms with Crippen molar-refractivity contribution in [2.45, 2.75) is 59.3 Å². The first-order valence-electron chi connectivity index (χ1n) is 8.25. The molecule has 26 heavy (non-hydrogen) atoms. The number of aromatic nitrogens is 3. The summed E-state index contributed by atoms with van der Waals surface area (Å²) < 4.78 is 11.6. The topological polar surface area (TPSA) is 94.8 Å². The molecule has 0 aliphatic heterocycles. The predicted octanol–water partition coefficient (Wildman–Crippen LogP) is 3.00. The van der Waals surface area contributed by atoms with Crippen LogP contribution in [0.1, 0.15) is 57.6 Å². The largest absolute Gasteiger partial charge is 0.444 e. The molecule has 2 heterocycles. The SMILES string of the molecule is CC(C)(C)OC(=O)NCc1cn2ncc(C=O)cc2n1.COC(C)(C)C. The van der Waals surface area contributed by atoms with Crippen molar-refractivity contribution in [1.29, 1.82) is 0 Å². The van der Waals surface area contributed by atoms with E-state index in [2.05, 4.69) is 15.4 Å². The summed E-state index contributed by atoms with van der Waals surface area (Å²) in [6.45, 7) is 11.7. The number of ether oxygens (including phenoxy) is 2. The minimum absolute atomic E-state index is 0.0417. The van der Waals surface area contributed by atoms with Crippen molar-refractivity contribution < 1.29 is 19.1 Å². The molecule has 8 heteroatoms. The summed E-state index contributed by atoms with van der Waals surface area (Å²) in [7, 11) is 1.71. The molecule has 2 rings (SSSR count). The lowest BCUT2D eigenvalue weighted by Crippen LogP contribution is -2.32. The number of nitrogens with one attached hydrogen (secondary N) is 1. The van der Waals surface area contributed by atoms with Crippen LogP contribution in [-0.4, -0.2) is 45.3 Å². The molecule has 1 amide bonds. The summed E-state index contributed by atoms with van der Waals surface area (Å²) in [5.74, 6) is 0. The third-order valence-corrected chi connectivity index (χ3v) is 2.95. The number of carbonyl (C=O) groups excluding carboxylic acids is 2. The van der Waals surface area contributed by atoms with Crippen molar-refractivity contribution in [3.05, 3.63) is 29.7 Å². The van der Waals surface area contributed by atoms with Crippen LogP contribution in [0.5, 0.6) is 0 Å². The van der Waals surface area contributed by atoms with Gasteiger partial charge in [0.05, 0.1) is 30.2 Å². The van der Waals surface area contributed by atoms with Crippen LogP contribution in [0.2, 0.25) is 0 Å². The molecule has 0 saturated carbocycles.